The lowest BCUT2D eigenvalue weighted by atomic mass is 9.86. The summed E-state index contributed by atoms with van der Waals surface area (Å²) in [5.41, 5.74) is 2.95. The molecular weight excluding hydrogens is 196 g/mol. The number of benzene rings is 1. The molecule has 1 aromatic carbocycles. The maximum Gasteiger partial charge on any atom is 0.0887 e. The highest BCUT2D eigenvalue weighted by molar-refractivity contribution is 5.27. The molecule has 0 saturated carbocycles. The number of aryl methyl sites for hydroxylation is 1. The number of ether oxygens (including phenoxy) is 1. The fourth-order valence-corrected chi connectivity index (χ4v) is 1.56. The molecule has 0 aliphatic carbocycles. The van der Waals surface area contributed by atoms with Crippen LogP contribution < -0.4 is 0 Å². The molecule has 1 rings (SSSR count). The van der Waals surface area contributed by atoms with Crippen LogP contribution >= 0.6 is 0 Å². The Kier molecular flexibility index (Phi) is 4.17. The minimum absolute atomic E-state index is 0.231. The lowest BCUT2D eigenvalue weighted by molar-refractivity contribution is 0.279. The molecule has 0 atom stereocenters. The first-order valence-corrected chi connectivity index (χ1v) is 5.74. The molecule has 1 nitrogen and oxygen atoms in total. The summed E-state index contributed by atoms with van der Waals surface area (Å²) >= 11 is 0. The van der Waals surface area contributed by atoms with Gasteiger partial charge in [0.05, 0.1) is 12.9 Å². The second kappa shape index (κ2) is 5.20. The molecule has 0 heterocycles. The van der Waals surface area contributed by atoms with Crippen molar-refractivity contribution >= 4 is 0 Å². The number of methoxy groups -OCH3 is 1. The monoisotopic (exact) mass is 218 g/mol. The van der Waals surface area contributed by atoms with E-state index in [1.807, 2.05) is 0 Å². The number of allylic oxidation sites excluding steroid dienone is 1. The fourth-order valence-electron chi connectivity index (χ4n) is 1.56. The minimum Gasteiger partial charge on any atom is -0.502 e. The Morgan fingerprint density at radius 2 is 1.75 bits per heavy atom. The van der Waals surface area contributed by atoms with Crippen molar-refractivity contribution in [2.75, 3.05) is 7.11 Å². The summed E-state index contributed by atoms with van der Waals surface area (Å²) in [6.07, 6.45) is 1.89. The summed E-state index contributed by atoms with van der Waals surface area (Å²) in [5, 5.41) is 0. The molecule has 0 aliphatic rings. The molecule has 0 bridgehead atoms. The Labute approximate surface area is 99.1 Å². The Hall–Kier alpha value is -1.24. The van der Waals surface area contributed by atoms with Crippen molar-refractivity contribution in [2.45, 2.75) is 39.0 Å². The van der Waals surface area contributed by atoms with Gasteiger partial charge in [-0.1, -0.05) is 51.6 Å². The second-order valence-electron chi connectivity index (χ2n) is 5.19. The standard InChI is InChI=1S/C15H22O/c1-12(16-5)6-7-13-8-10-14(11-9-13)15(2,3)4/h8-11H,1,6-7H2,2-5H3. The summed E-state index contributed by atoms with van der Waals surface area (Å²) in [4.78, 5) is 0. The third-order valence-corrected chi connectivity index (χ3v) is 2.80. The van der Waals surface area contributed by atoms with Crippen molar-refractivity contribution in [3.8, 4) is 0 Å². The van der Waals surface area contributed by atoms with E-state index >= 15 is 0 Å². The van der Waals surface area contributed by atoms with E-state index in [0.29, 0.717) is 0 Å². The molecule has 0 radical (unpaired) electrons. The van der Waals surface area contributed by atoms with Crippen molar-refractivity contribution in [1.82, 2.24) is 0 Å². The molecule has 0 N–H and O–H groups in total. The van der Waals surface area contributed by atoms with Crippen molar-refractivity contribution in [3.63, 3.8) is 0 Å². The Morgan fingerprint density at radius 1 is 1.19 bits per heavy atom. The van der Waals surface area contributed by atoms with Crippen LogP contribution in [0.15, 0.2) is 36.6 Å². The van der Waals surface area contributed by atoms with Crippen LogP contribution in [0.25, 0.3) is 0 Å². The molecule has 1 heteroatoms. The maximum atomic E-state index is 5.06. The molecule has 0 aliphatic heterocycles. The second-order valence-corrected chi connectivity index (χ2v) is 5.19. The van der Waals surface area contributed by atoms with E-state index in [1.165, 1.54) is 11.1 Å². The van der Waals surface area contributed by atoms with Gasteiger partial charge in [0.1, 0.15) is 0 Å². The van der Waals surface area contributed by atoms with Gasteiger partial charge >= 0.3 is 0 Å². The highest BCUT2D eigenvalue weighted by atomic mass is 16.5. The largest absolute Gasteiger partial charge is 0.502 e. The van der Waals surface area contributed by atoms with Crippen LogP contribution in [-0.2, 0) is 16.6 Å². The zero-order valence-corrected chi connectivity index (χ0v) is 10.8. The first kappa shape index (κ1) is 12.8. The van der Waals surface area contributed by atoms with Gasteiger partial charge in [0, 0.05) is 6.42 Å². The van der Waals surface area contributed by atoms with Gasteiger partial charge in [0.25, 0.3) is 0 Å². The van der Waals surface area contributed by atoms with E-state index in [0.717, 1.165) is 18.6 Å². The smallest absolute Gasteiger partial charge is 0.0887 e. The highest BCUT2D eigenvalue weighted by Gasteiger charge is 2.12. The first-order valence-electron chi connectivity index (χ1n) is 5.74. The SMILES string of the molecule is C=C(CCc1ccc(C(C)(C)C)cc1)OC. The molecule has 0 unspecified atom stereocenters. The van der Waals surface area contributed by atoms with Gasteiger partial charge in [-0.3, -0.25) is 0 Å². The summed E-state index contributed by atoms with van der Waals surface area (Å²) in [7, 11) is 1.67. The zero-order chi connectivity index (χ0) is 12.2. The average Bonchev–Trinajstić information content (AvgIpc) is 2.25. The number of hydrogen-bond acceptors (Lipinski definition) is 1. The summed E-state index contributed by atoms with van der Waals surface area (Å²) in [6, 6.07) is 8.82. The molecular formula is C15H22O. The van der Waals surface area contributed by atoms with Gasteiger partial charge in [-0.05, 0) is 23.0 Å². The molecule has 1 aromatic rings. The van der Waals surface area contributed by atoms with Crippen LogP contribution in [0, 0.1) is 0 Å². The molecule has 0 spiro atoms. The van der Waals surface area contributed by atoms with Crippen LogP contribution in [0.2, 0.25) is 0 Å². The van der Waals surface area contributed by atoms with Crippen molar-refractivity contribution < 1.29 is 4.74 Å². The molecule has 0 fully saturated rings. The van der Waals surface area contributed by atoms with Crippen LogP contribution in [0.1, 0.15) is 38.3 Å². The Morgan fingerprint density at radius 3 is 2.19 bits per heavy atom. The van der Waals surface area contributed by atoms with E-state index < -0.39 is 0 Å². The van der Waals surface area contributed by atoms with E-state index in [2.05, 4.69) is 51.6 Å². The van der Waals surface area contributed by atoms with Crippen molar-refractivity contribution in [1.29, 1.82) is 0 Å². The molecule has 0 aromatic heterocycles. The first-order chi connectivity index (χ1) is 7.43. The molecule has 88 valence electrons. The fraction of sp³-hybridized carbons (Fsp3) is 0.467. The van der Waals surface area contributed by atoms with Gasteiger partial charge in [-0.15, -0.1) is 0 Å². The molecule has 0 amide bonds. The van der Waals surface area contributed by atoms with Gasteiger partial charge in [0.2, 0.25) is 0 Å². The quantitative estimate of drug-likeness (QED) is 0.692. The maximum absolute atomic E-state index is 5.06. The highest BCUT2D eigenvalue weighted by Crippen LogP contribution is 2.22. The van der Waals surface area contributed by atoms with E-state index in [4.69, 9.17) is 4.74 Å². The Balaban J connectivity index is 2.62. The van der Waals surface area contributed by atoms with Crippen LogP contribution in [0.4, 0.5) is 0 Å². The van der Waals surface area contributed by atoms with E-state index in [-0.39, 0.29) is 5.41 Å². The van der Waals surface area contributed by atoms with E-state index in [1.54, 1.807) is 7.11 Å². The molecule has 16 heavy (non-hydrogen) atoms. The number of rotatable bonds is 4. The van der Waals surface area contributed by atoms with Gasteiger partial charge in [-0.2, -0.15) is 0 Å². The molecule has 0 saturated heterocycles. The van der Waals surface area contributed by atoms with Crippen LogP contribution in [0.5, 0.6) is 0 Å². The van der Waals surface area contributed by atoms with Gasteiger partial charge in [0.15, 0.2) is 0 Å². The minimum atomic E-state index is 0.231. The normalized spacial score (nSPS) is 11.2. The number of hydrogen-bond donors (Lipinski definition) is 0. The van der Waals surface area contributed by atoms with Crippen molar-refractivity contribution in [3.05, 3.63) is 47.7 Å². The third kappa shape index (κ3) is 3.73. The van der Waals surface area contributed by atoms with Gasteiger partial charge < -0.3 is 4.74 Å². The van der Waals surface area contributed by atoms with E-state index in [9.17, 15) is 0 Å². The van der Waals surface area contributed by atoms with Crippen LogP contribution in [0.3, 0.4) is 0 Å². The zero-order valence-electron chi connectivity index (χ0n) is 10.8. The predicted molar refractivity (Wildman–Crippen MR) is 69.6 cm³/mol. The summed E-state index contributed by atoms with van der Waals surface area (Å²) in [6.45, 7) is 10.5. The third-order valence-electron chi connectivity index (χ3n) is 2.80. The average molecular weight is 218 g/mol. The predicted octanol–water partition coefficient (Wildman–Crippen LogP) is 4.08. The van der Waals surface area contributed by atoms with Crippen LogP contribution in [-0.4, -0.2) is 7.11 Å². The van der Waals surface area contributed by atoms with Gasteiger partial charge in [-0.25, -0.2) is 0 Å². The topological polar surface area (TPSA) is 9.23 Å². The van der Waals surface area contributed by atoms with Crippen molar-refractivity contribution in [2.24, 2.45) is 0 Å². The summed E-state index contributed by atoms with van der Waals surface area (Å²) < 4.78 is 5.06. The Bertz CT molecular complexity index is 341. The lowest BCUT2D eigenvalue weighted by Crippen LogP contribution is -2.10. The lowest BCUT2D eigenvalue weighted by Gasteiger charge is -2.19. The summed E-state index contributed by atoms with van der Waals surface area (Å²) in [5.74, 6) is 0.847.